The van der Waals surface area contributed by atoms with E-state index in [1.54, 1.807) is 12.1 Å². The molecule has 5 unspecified atom stereocenters. The van der Waals surface area contributed by atoms with Gasteiger partial charge in [-0.25, -0.2) is 0 Å². The van der Waals surface area contributed by atoms with Crippen molar-refractivity contribution in [2.45, 2.75) is 25.0 Å². The lowest BCUT2D eigenvalue weighted by molar-refractivity contribution is -0.143. The number of benzene rings is 3. The van der Waals surface area contributed by atoms with Crippen molar-refractivity contribution in [3.8, 4) is 0 Å². The highest BCUT2D eigenvalue weighted by Gasteiger charge is 2.64. The molecular weight excluding hydrogens is 424 g/mol. The highest BCUT2D eigenvalue weighted by molar-refractivity contribution is 6.12. The van der Waals surface area contributed by atoms with Crippen molar-refractivity contribution >= 4 is 23.7 Å². The number of hydrogen-bond donors (Lipinski definition) is 0. The number of fused-ring (bicyclic) bond motifs is 5. The molecule has 3 heterocycles. The van der Waals surface area contributed by atoms with Gasteiger partial charge in [-0.15, -0.1) is 0 Å². The van der Waals surface area contributed by atoms with Gasteiger partial charge < -0.3 is 4.90 Å². The van der Waals surface area contributed by atoms with Crippen LogP contribution in [0.25, 0.3) is 6.08 Å². The Balaban J connectivity index is 1.48. The van der Waals surface area contributed by atoms with Gasteiger partial charge in [0.15, 0.2) is 5.78 Å². The van der Waals surface area contributed by atoms with Crippen molar-refractivity contribution in [1.29, 1.82) is 0 Å². The number of Topliss-reactive ketones (excluding diaryl/α,β-unsaturated/α-hetero) is 1. The van der Waals surface area contributed by atoms with E-state index in [-0.39, 0.29) is 23.6 Å². The fourth-order valence-electron chi connectivity index (χ4n) is 5.92. The molecule has 168 valence electrons. The van der Waals surface area contributed by atoms with Crippen molar-refractivity contribution in [3.63, 3.8) is 0 Å². The van der Waals surface area contributed by atoms with E-state index >= 15 is 0 Å². The Morgan fingerprint density at radius 2 is 1.41 bits per heavy atom. The smallest absolute Gasteiger partial charge is 0.236 e. The second-order valence-corrected chi connectivity index (χ2v) is 9.20. The minimum absolute atomic E-state index is 0.127. The molecule has 2 fully saturated rings. The van der Waals surface area contributed by atoms with Crippen molar-refractivity contribution in [2.75, 3.05) is 0 Å². The lowest BCUT2D eigenvalue weighted by Gasteiger charge is -2.36. The zero-order chi connectivity index (χ0) is 23.4. The maximum atomic E-state index is 13.9. The summed E-state index contributed by atoms with van der Waals surface area (Å²) in [6.45, 7) is 1.88. The Labute approximate surface area is 198 Å². The molecule has 3 aliphatic heterocycles. The van der Waals surface area contributed by atoms with E-state index in [9.17, 15) is 14.4 Å². The third-order valence-corrected chi connectivity index (χ3v) is 7.49. The monoisotopic (exact) mass is 448 g/mol. The number of nitrogens with zero attached hydrogens (tertiary/aromatic N) is 2. The molecule has 0 aromatic heterocycles. The molecule has 6 rings (SSSR count). The van der Waals surface area contributed by atoms with E-state index in [2.05, 4.69) is 0 Å². The Morgan fingerprint density at radius 3 is 2.15 bits per heavy atom. The molecule has 2 saturated heterocycles. The van der Waals surface area contributed by atoms with Crippen LogP contribution in [0, 0.1) is 11.8 Å². The summed E-state index contributed by atoms with van der Waals surface area (Å²) in [7, 11) is 0. The second-order valence-electron chi connectivity index (χ2n) is 9.20. The first-order valence-electron chi connectivity index (χ1n) is 11.6. The first kappa shape index (κ1) is 20.6. The molecule has 3 aliphatic rings. The van der Waals surface area contributed by atoms with Crippen LogP contribution >= 0.6 is 0 Å². The lowest BCUT2D eigenvalue weighted by Crippen LogP contribution is -2.44. The summed E-state index contributed by atoms with van der Waals surface area (Å²) in [6.07, 6.45) is 3.86. The van der Waals surface area contributed by atoms with Crippen molar-refractivity contribution in [2.24, 2.45) is 11.8 Å². The fourth-order valence-corrected chi connectivity index (χ4v) is 5.92. The Morgan fingerprint density at radius 1 is 0.794 bits per heavy atom. The van der Waals surface area contributed by atoms with Gasteiger partial charge in [-0.05, 0) is 29.7 Å². The zero-order valence-electron chi connectivity index (χ0n) is 18.7. The van der Waals surface area contributed by atoms with Gasteiger partial charge in [0.1, 0.15) is 6.04 Å². The van der Waals surface area contributed by atoms with Crippen LogP contribution in [0.15, 0.2) is 91.1 Å². The van der Waals surface area contributed by atoms with Gasteiger partial charge >= 0.3 is 0 Å². The molecule has 0 spiro atoms. The standard InChI is InChI=1S/C29H24N2O3/c1-18(19-10-4-2-5-11-19)31-28(33)23-24(29(31)34)26(27(32)21-13-6-3-7-14-21)30-17-16-20-12-8-9-15-22(20)25(23)30/h2-18,23-26H,1H3. The van der Waals surface area contributed by atoms with Gasteiger partial charge in [0.05, 0.1) is 23.9 Å². The van der Waals surface area contributed by atoms with Gasteiger partial charge in [-0.3, -0.25) is 19.3 Å². The number of imide groups is 1. The number of hydrogen-bond acceptors (Lipinski definition) is 4. The lowest BCUT2D eigenvalue weighted by atomic mass is 9.83. The quantitative estimate of drug-likeness (QED) is 0.431. The van der Waals surface area contributed by atoms with Crippen LogP contribution in [-0.2, 0) is 9.59 Å². The third kappa shape index (κ3) is 2.90. The summed E-state index contributed by atoms with van der Waals surface area (Å²) < 4.78 is 0. The summed E-state index contributed by atoms with van der Waals surface area (Å²) in [5, 5.41) is 0. The maximum absolute atomic E-state index is 13.9. The van der Waals surface area contributed by atoms with Gasteiger partial charge in [-0.1, -0.05) is 84.9 Å². The van der Waals surface area contributed by atoms with Gasteiger partial charge in [0.2, 0.25) is 11.8 Å². The molecule has 3 aromatic carbocycles. The van der Waals surface area contributed by atoms with Crippen LogP contribution in [-0.4, -0.2) is 33.4 Å². The molecule has 5 nitrogen and oxygen atoms in total. The maximum Gasteiger partial charge on any atom is 0.236 e. The molecule has 0 saturated carbocycles. The van der Waals surface area contributed by atoms with E-state index < -0.39 is 23.9 Å². The SMILES string of the molecule is CC(c1ccccc1)N1C(=O)C2C(C1=O)C1c3ccccc3C=CN1C2C(=O)c1ccccc1. The fraction of sp³-hybridized carbons (Fsp3) is 0.207. The van der Waals surface area contributed by atoms with Crippen LogP contribution in [0.5, 0.6) is 0 Å². The van der Waals surface area contributed by atoms with Crippen LogP contribution < -0.4 is 0 Å². The number of amides is 2. The van der Waals surface area contributed by atoms with Gasteiger partial charge in [0, 0.05) is 11.8 Å². The van der Waals surface area contributed by atoms with E-state index in [0.29, 0.717) is 5.56 Å². The third-order valence-electron chi connectivity index (χ3n) is 7.49. The minimum Gasteiger partial charge on any atom is -0.358 e. The average Bonchev–Trinajstić information content (AvgIpc) is 3.36. The van der Waals surface area contributed by atoms with Crippen LogP contribution in [0.4, 0.5) is 0 Å². The normalized spacial score (nSPS) is 25.7. The first-order chi connectivity index (χ1) is 16.6. The van der Waals surface area contributed by atoms with Crippen molar-refractivity contribution in [1.82, 2.24) is 9.80 Å². The Bertz CT molecular complexity index is 1320. The van der Waals surface area contributed by atoms with Crippen LogP contribution in [0.1, 0.15) is 46.1 Å². The van der Waals surface area contributed by atoms with E-state index in [1.807, 2.05) is 96.9 Å². The van der Waals surface area contributed by atoms with Gasteiger partial charge in [-0.2, -0.15) is 0 Å². The predicted molar refractivity (Wildman–Crippen MR) is 128 cm³/mol. The first-order valence-corrected chi connectivity index (χ1v) is 11.6. The zero-order valence-corrected chi connectivity index (χ0v) is 18.7. The predicted octanol–water partition coefficient (Wildman–Crippen LogP) is 4.64. The summed E-state index contributed by atoms with van der Waals surface area (Å²) in [6, 6.07) is 25.1. The van der Waals surface area contributed by atoms with Crippen LogP contribution in [0.3, 0.4) is 0 Å². The molecule has 34 heavy (non-hydrogen) atoms. The van der Waals surface area contributed by atoms with E-state index in [1.165, 1.54) is 4.90 Å². The second kappa shape index (κ2) is 7.80. The Kier molecular flexibility index (Phi) is 4.73. The summed E-state index contributed by atoms with van der Waals surface area (Å²) in [5.41, 5.74) is 3.45. The number of rotatable bonds is 4. The molecule has 5 heteroatoms. The Hall–Kier alpha value is -3.99. The summed E-state index contributed by atoms with van der Waals surface area (Å²) >= 11 is 0. The molecule has 0 radical (unpaired) electrons. The molecular formula is C29H24N2O3. The minimum atomic E-state index is -0.730. The number of carbonyl (C=O) groups excluding carboxylic acids is 3. The van der Waals surface area contributed by atoms with Gasteiger partial charge in [0.25, 0.3) is 0 Å². The van der Waals surface area contributed by atoms with Crippen LogP contribution in [0.2, 0.25) is 0 Å². The molecule has 5 atom stereocenters. The highest BCUT2D eigenvalue weighted by atomic mass is 16.2. The van der Waals surface area contributed by atoms with Crippen molar-refractivity contribution in [3.05, 3.63) is 113 Å². The molecule has 0 aliphatic carbocycles. The molecule has 3 aromatic rings. The number of ketones is 1. The molecule has 2 amide bonds. The molecule has 0 N–H and O–H groups in total. The van der Waals surface area contributed by atoms with E-state index in [4.69, 9.17) is 0 Å². The number of carbonyl (C=O) groups is 3. The summed E-state index contributed by atoms with van der Waals surface area (Å²) in [4.78, 5) is 45.0. The summed E-state index contributed by atoms with van der Waals surface area (Å²) in [5.74, 6) is -1.93. The van der Waals surface area contributed by atoms with Crippen molar-refractivity contribution < 1.29 is 14.4 Å². The molecule has 0 bridgehead atoms. The average molecular weight is 449 g/mol. The largest absolute Gasteiger partial charge is 0.358 e. The van der Waals surface area contributed by atoms with E-state index in [0.717, 1.165) is 16.7 Å². The number of likely N-dealkylation sites (tertiary alicyclic amines) is 1. The highest BCUT2D eigenvalue weighted by Crippen LogP contribution is 2.54. The topological polar surface area (TPSA) is 57.7 Å².